The zero-order valence-electron chi connectivity index (χ0n) is 20.6. The van der Waals surface area contributed by atoms with E-state index in [-0.39, 0.29) is 46.1 Å². The third-order valence-corrected chi connectivity index (χ3v) is 7.58. The molecule has 2 N–H and O–H groups in total. The highest BCUT2D eigenvalue weighted by atomic mass is 19.1. The lowest BCUT2D eigenvalue weighted by Crippen LogP contribution is -2.43. The van der Waals surface area contributed by atoms with Crippen molar-refractivity contribution in [2.75, 3.05) is 32.1 Å². The van der Waals surface area contributed by atoms with Crippen LogP contribution >= 0.6 is 0 Å². The molecule has 2 fully saturated rings. The predicted molar refractivity (Wildman–Crippen MR) is 138 cm³/mol. The Bertz CT molecular complexity index is 1640. The number of rotatable bonds is 5. The Labute approximate surface area is 216 Å². The highest BCUT2D eigenvalue weighted by molar-refractivity contribution is 6.02. The van der Waals surface area contributed by atoms with Crippen LogP contribution < -0.4 is 10.1 Å². The van der Waals surface area contributed by atoms with E-state index < -0.39 is 23.3 Å². The highest BCUT2D eigenvalue weighted by Gasteiger charge is 2.49. The lowest BCUT2D eigenvalue weighted by atomic mass is 9.95. The van der Waals surface area contributed by atoms with E-state index in [0.29, 0.717) is 29.6 Å². The number of alkyl halides is 1. The van der Waals surface area contributed by atoms with E-state index in [2.05, 4.69) is 31.1 Å². The van der Waals surface area contributed by atoms with Crippen LogP contribution in [0.1, 0.15) is 24.8 Å². The number of ether oxygens (including phenoxy) is 1. The van der Waals surface area contributed by atoms with Gasteiger partial charge >= 0.3 is 6.01 Å². The first-order valence-electron chi connectivity index (χ1n) is 12.3. The maximum atomic E-state index is 16.1. The normalized spacial score (nSPS) is 21.1. The van der Waals surface area contributed by atoms with Gasteiger partial charge in [-0.15, -0.1) is 6.42 Å². The van der Waals surface area contributed by atoms with Crippen LogP contribution in [0.25, 0.3) is 32.9 Å². The molecule has 2 aliphatic rings. The lowest BCUT2D eigenvalue weighted by Gasteiger charge is -2.30. The summed E-state index contributed by atoms with van der Waals surface area (Å²) in [6.07, 6.45) is 8.20. The molecule has 2 aromatic heterocycles. The molecule has 0 unspecified atom stereocenters. The Morgan fingerprint density at radius 1 is 1.29 bits per heavy atom. The number of nitrogens with zero attached hydrogens (tertiary/aromatic N) is 4. The summed E-state index contributed by atoms with van der Waals surface area (Å²) in [5.74, 6) is 1.01. The quantitative estimate of drug-likeness (QED) is 0.366. The molecule has 0 bridgehead atoms. The average Bonchev–Trinajstić information content (AvgIpc) is 3.43. The first kappa shape index (κ1) is 24.2. The fourth-order valence-electron chi connectivity index (χ4n) is 5.88. The van der Waals surface area contributed by atoms with Crippen molar-refractivity contribution in [1.29, 1.82) is 0 Å². The number of aromatic hydroxyl groups is 1. The lowest BCUT2D eigenvalue weighted by molar-refractivity contribution is 0.107. The van der Waals surface area contributed by atoms with Gasteiger partial charge in [0.25, 0.3) is 0 Å². The highest BCUT2D eigenvalue weighted by Crippen LogP contribution is 2.41. The van der Waals surface area contributed by atoms with Gasteiger partial charge in [-0.1, -0.05) is 12.0 Å². The van der Waals surface area contributed by atoms with Crippen LogP contribution in [0, 0.1) is 24.0 Å². The first-order chi connectivity index (χ1) is 18.3. The fraction of sp³-hybridized carbons (Fsp3) is 0.321. The topological polar surface area (TPSA) is 83.4 Å². The van der Waals surface area contributed by atoms with Crippen LogP contribution in [-0.4, -0.2) is 63.4 Å². The standard InChI is InChI=1S/C28H24F3N5O2/c1-3-18-21(30)6-5-15-9-17(37)10-19(22(15)18)24-23(31)25-20(12-33-24)26(32-2)35-27(34-25)38-14-28-7-4-8-36(28)13-16(29)11-28/h1,5-6,9-10,12,16,37H,4,7-8,11,13-14H2,2H3,(H,32,34,35)/t16-,28+/m1/s1. The van der Waals surface area contributed by atoms with Crippen LogP contribution in [-0.2, 0) is 0 Å². The van der Waals surface area contributed by atoms with Crippen molar-refractivity contribution in [2.45, 2.75) is 31.0 Å². The first-order valence-corrected chi connectivity index (χ1v) is 12.3. The van der Waals surface area contributed by atoms with Crippen molar-refractivity contribution in [1.82, 2.24) is 19.9 Å². The van der Waals surface area contributed by atoms with Gasteiger partial charge in [0.05, 0.1) is 16.5 Å². The number of phenolic OH excluding ortho intramolecular Hbond substituents is 1. The van der Waals surface area contributed by atoms with Gasteiger partial charge in [0.15, 0.2) is 5.82 Å². The molecule has 10 heteroatoms. The van der Waals surface area contributed by atoms with Crippen molar-refractivity contribution in [3.05, 3.63) is 47.7 Å². The van der Waals surface area contributed by atoms with E-state index >= 15 is 4.39 Å². The van der Waals surface area contributed by atoms with E-state index in [1.165, 1.54) is 30.5 Å². The molecule has 0 radical (unpaired) electrons. The van der Waals surface area contributed by atoms with Gasteiger partial charge in [-0.05, 0) is 43.0 Å². The smallest absolute Gasteiger partial charge is 0.319 e. The van der Waals surface area contributed by atoms with E-state index in [0.717, 1.165) is 19.4 Å². The molecule has 2 saturated heterocycles. The van der Waals surface area contributed by atoms with Crippen LogP contribution in [0.3, 0.4) is 0 Å². The van der Waals surface area contributed by atoms with Crippen molar-refractivity contribution in [3.8, 4) is 35.4 Å². The van der Waals surface area contributed by atoms with Gasteiger partial charge in [0, 0.05) is 37.2 Å². The summed E-state index contributed by atoms with van der Waals surface area (Å²) in [4.78, 5) is 15.1. The molecule has 194 valence electrons. The Morgan fingerprint density at radius 2 is 2.13 bits per heavy atom. The minimum atomic E-state index is -0.912. The number of halogens is 3. The van der Waals surface area contributed by atoms with Crippen molar-refractivity contribution in [3.63, 3.8) is 0 Å². The number of hydrogen-bond acceptors (Lipinski definition) is 7. The second-order valence-corrected chi connectivity index (χ2v) is 9.81. The number of nitrogens with one attached hydrogen (secondary N) is 1. The Balaban J connectivity index is 1.47. The van der Waals surface area contributed by atoms with Crippen LogP contribution in [0.2, 0.25) is 0 Å². The van der Waals surface area contributed by atoms with Gasteiger partial charge in [-0.25, -0.2) is 13.2 Å². The monoisotopic (exact) mass is 519 g/mol. The molecule has 2 aliphatic heterocycles. The number of phenols is 1. The third kappa shape index (κ3) is 3.77. The number of fused-ring (bicyclic) bond motifs is 3. The molecular formula is C28H24F3N5O2. The Kier molecular flexibility index (Phi) is 5.76. The third-order valence-electron chi connectivity index (χ3n) is 7.58. The molecule has 2 atom stereocenters. The summed E-state index contributed by atoms with van der Waals surface area (Å²) < 4.78 is 50.8. The summed E-state index contributed by atoms with van der Waals surface area (Å²) in [7, 11) is 1.63. The van der Waals surface area contributed by atoms with Crippen molar-refractivity contribution in [2.24, 2.45) is 0 Å². The van der Waals surface area contributed by atoms with Gasteiger partial charge < -0.3 is 15.2 Å². The zero-order valence-corrected chi connectivity index (χ0v) is 20.6. The average molecular weight is 520 g/mol. The number of terminal acetylenes is 1. The number of pyridine rings is 1. The molecule has 4 aromatic rings. The van der Waals surface area contributed by atoms with Gasteiger partial charge in [0.1, 0.15) is 41.4 Å². The minimum absolute atomic E-state index is 0.0578. The van der Waals surface area contributed by atoms with Crippen molar-refractivity contribution >= 4 is 27.5 Å². The van der Waals surface area contributed by atoms with Crippen LogP contribution in [0.15, 0.2) is 30.5 Å². The largest absolute Gasteiger partial charge is 0.508 e. The van der Waals surface area contributed by atoms with E-state index in [1.54, 1.807) is 7.05 Å². The summed E-state index contributed by atoms with van der Waals surface area (Å²) in [6.45, 7) is 1.38. The van der Waals surface area contributed by atoms with Gasteiger partial charge in [-0.3, -0.25) is 9.88 Å². The minimum Gasteiger partial charge on any atom is -0.508 e. The fourth-order valence-corrected chi connectivity index (χ4v) is 5.88. The summed E-state index contributed by atoms with van der Waals surface area (Å²) in [5.41, 5.74) is -0.599. The molecule has 0 aliphatic carbocycles. The van der Waals surface area contributed by atoms with E-state index in [4.69, 9.17) is 11.2 Å². The zero-order chi connectivity index (χ0) is 26.6. The summed E-state index contributed by atoms with van der Waals surface area (Å²) >= 11 is 0. The molecule has 4 heterocycles. The van der Waals surface area contributed by atoms with Crippen LogP contribution in [0.4, 0.5) is 19.0 Å². The maximum Gasteiger partial charge on any atom is 0.319 e. The summed E-state index contributed by atoms with van der Waals surface area (Å²) in [6, 6.07) is 5.30. The van der Waals surface area contributed by atoms with E-state index in [1.807, 2.05) is 0 Å². The molecule has 2 aromatic carbocycles. The molecule has 38 heavy (non-hydrogen) atoms. The van der Waals surface area contributed by atoms with Gasteiger partial charge in [0.2, 0.25) is 0 Å². The van der Waals surface area contributed by atoms with E-state index in [9.17, 15) is 13.9 Å². The molecule has 0 saturated carbocycles. The Morgan fingerprint density at radius 3 is 2.92 bits per heavy atom. The number of anilines is 1. The Hall–Kier alpha value is -4.10. The summed E-state index contributed by atoms with van der Waals surface area (Å²) in [5, 5.41) is 14.2. The number of benzene rings is 2. The molecule has 0 spiro atoms. The SMILES string of the molecule is C#Cc1c(F)ccc2cc(O)cc(-c3ncc4c(NC)nc(OC[C@@]56CCCN5C[C@H](F)C6)nc4c3F)c12. The van der Waals surface area contributed by atoms with Crippen molar-refractivity contribution < 1.29 is 23.0 Å². The second kappa shape index (κ2) is 9.03. The molecular weight excluding hydrogens is 495 g/mol. The second-order valence-electron chi connectivity index (χ2n) is 9.81. The molecule has 6 rings (SSSR count). The predicted octanol–water partition coefficient (Wildman–Crippen LogP) is 4.81. The molecule has 7 nitrogen and oxygen atoms in total. The van der Waals surface area contributed by atoms with Crippen LogP contribution in [0.5, 0.6) is 11.8 Å². The molecule has 0 amide bonds. The number of aromatic nitrogens is 3. The maximum absolute atomic E-state index is 16.1. The number of hydrogen-bond donors (Lipinski definition) is 2. The van der Waals surface area contributed by atoms with Gasteiger partial charge in [-0.2, -0.15) is 9.97 Å².